The van der Waals surface area contributed by atoms with Crippen molar-refractivity contribution in [2.45, 2.75) is 0 Å². The molecule has 2 amide bonds. The predicted octanol–water partition coefficient (Wildman–Crippen LogP) is 0.956. The molecule has 0 radical (unpaired) electrons. The van der Waals surface area contributed by atoms with Crippen molar-refractivity contribution in [3.05, 3.63) is 41.7 Å². The molecule has 110 valence electrons. The summed E-state index contributed by atoms with van der Waals surface area (Å²) in [5.41, 5.74) is 7.31. The summed E-state index contributed by atoms with van der Waals surface area (Å²) in [6.07, 6.45) is 1.42. The Bertz CT molecular complexity index is 671. The molecule has 1 heterocycles. The maximum absolute atomic E-state index is 12.2. The Kier molecular flexibility index (Phi) is 3.93. The van der Waals surface area contributed by atoms with E-state index < -0.39 is 0 Å². The number of nitrogens with zero attached hydrogens (tertiary/aromatic N) is 3. The summed E-state index contributed by atoms with van der Waals surface area (Å²) in [6.45, 7) is 0. The Labute approximate surface area is 122 Å². The standard InChI is InChI=1S/C14H17N5O2/c1-18(2)14(21)9-5-4-6-10(7-9)17-13(20)12-11(15)8-16-19(12)3/h4-8H,15H2,1-3H3,(H,17,20). The lowest BCUT2D eigenvalue weighted by Gasteiger charge is -2.12. The fraction of sp³-hybridized carbons (Fsp3) is 0.214. The van der Waals surface area contributed by atoms with E-state index in [2.05, 4.69) is 10.4 Å². The minimum Gasteiger partial charge on any atom is -0.396 e. The number of anilines is 2. The number of aromatic nitrogens is 2. The van der Waals surface area contributed by atoms with Gasteiger partial charge in [0.2, 0.25) is 0 Å². The number of aryl methyl sites for hydroxylation is 1. The number of carbonyl (C=O) groups is 2. The lowest BCUT2D eigenvalue weighted by atomic mass is 10.1. The summed E-state index contributed by atoms with van der Waals surface area (Å²) >= 11 is 0. The van der Waals surface area contributed by atoms with E-state index in [1.807, 2.05) is 0 Å². The lowest BCUT2D eigenvalue weighted by molar-refractivity contribution is 0.0827. The first-order chi connectivity index (χ1) is 9.90. The van der Waals surface area contributed by atoms with Crippen molar-refractivity contribution < 1.29 is 9.59 Å². The van der Waals surface area contributed by atoms with Crippen molar-refractivity contribution in [3.8, 4) is 0 Å². The van der Waals surface area contributed by atoms with E-state index in [9.17, 15) is 9.59 Å². The molecule has 7 nitrogen and oxygen atoms in total. The van der Waals surface area contributed by atoms with Crippen LogP contribution in [0.25, 0.3) is 0 Å². The minimum absolute atomic E-state index is 0.133. The van der Waals surface area contributed by atoms with Crippen LogP contribution in [0.5, 0.6) is 0 Å². The predicted molar refractivity (Wildman–Crippen MR) is 80.0 cm³/mol. The van der Waals surface area contributed by atoms with Crippen LogP contribution in [0.15, 0.2) is 30.5 Å². The average Bonchev–Trinajstić information content (AvgIpc) is 2.77. The molecule has 0 bridgehead atoms. The molecule has 0 saturated heterocycles. The molecule has 1 aromatic carbocycles. The maximum atomic E-state index is 12.2. The van der Waals surface area contributed by atoms with Gasteiger partial charge in [-0.1, -0.05) is 6.07 Å². The SMILES string of the molecule is CN(C)C(=O)c1cccc(NC(=O)c2c(N)cnn2C)c1. The monoisotopic (exact) mass is 287 g/mol. The van der Waals surface area contributed by atoms with Gasteiger partial charge in [0.1, 0.15) is 5.69 Å². The van der Waals surface area contributed by atoms with E-state index in [1.165, 1.54) is 15.8 Å². The third-order valence-corrected chi connectivity index (χ3v) is 2.96. The fourth-order valence-corrected chi connectivity index (χ4v) is 1.91. The second-order valence-corrected chi connectivity index (χ2v) is 4.81. The second-order valence-electron chi connectivity index (χ2n) is 4.81. The first-order valence-corrected chi connectivity index (χ1v) is 6.30. The van der Waals surface area contributed by atoms with Crippen LogP contribution in [0, 0.1) is 0 Å². The van der Waals surface area contributed by atoms with Crippen molar-refractivity contribution in [3.63, 3.8) is 0 Å². The van der Waals surface area contributed by atoms with Crippen LogP contribution >= 0.6 is 0 Å². The van der Waals surface area contributed by atoms with Gasteiger partial charge < -0.3 is 16.0 Å². The first-order valence-electron chi connectivity index (χ1n) is 6.30. The molecule has 0 atom stereocenters. The van der Waals surface area contributed by atoms with E-state index >= 15 is 0 Å². The summed E-state index contributed by atoms with van der Waals surface area (Å²) in [5.74, 6) is -0.506. The largest absolute Gasteiger partial charge is 0.396 e. The number of carbonyl (C=O) groups excluding carboxylic acids is 2. The molecule has 2 aromatic rings. The molecule has 3 N–H and O–H groups in total. The molecule has 0 aliphatic heterocycles. The van der Waals surface area contributed by atoms with Crippen LogP contribution < -0.4 is 11.1 Å². The normalized spacial score (nSPS) is 10.2. The molecule has 0 spiro atoms. The van der Waals surface area contributed by atoms with E-state index in [-0.39, 0.29) is 17.5 Å². The van der Waals surface area contributed by atoms with Gasteiger partial charge in [-0.15, -0.1) is 0 Å². The third kappa shape index (κ3) is 3.02. The molecule has 0 unspecified atom stereocenters. The Hall–Kier alpha value is -2.83. The summed E-state index contributed by atoms with van der Waals surface area (Å²) in [4.78, 5) is 25.6. The quantitative estimate of drug-likeness (QED) is 0.879. The number of nitrogens with two attached hydrogens (primary N) is 1. The Balaban J connectivity index is 2.23. The van der Waals surface area contributed by atoms with Gasteiger partial charge in [-0.25, -0.2) is 0 Å². The number of nitrogen functional groups attached to an aromatic ring is 1. The van der Waals surface area contributed by atoms with Gasteiger partial charge in [-0.05, 0) is 18.2 Å². The Morgan fingerprint density at radius 1 is 1.33 bits per heavy atom. The Morgan fingerprint density at radius 2 is 2.05 bits per heavy atom. The molecule has 0 fully saturated rings. The second kappa shape index (κ2) is 5.66. The highest BCUT2D eigenvalue weighted by molar-refractivity contribution is 6.07. The summed E-state index contributed by atoms with van der Waals surface area (Å²) in [5, 5.41) is 6.63. The van der Waals surface area contributed by atoms with E-state index in [0.29, 0.717) is 16.9 Å². The van der Waals surface area contributed by atoms with Gasteiger partial charge in [0.15, 0.2) is 0 Å². The summed E-state index contributed by atoms with van der Waals surface area (Å²) in [6, 6.07) is 6.72. The molecule has 0 aliphatic carbocycles. The van der Waals surface area contributed by atoms with Crippen molar-refractivity contribution >= 4 is 23.2 Å². The Morgan fingerprint density at radius 3 is 2.62 bits per heavy atom. The van der Waals surface area contributed by atoms with Crippen LogP contribution in [-0.2, 0) is 7.05 Å². The van der Waals surface area contributed by atoms with Gasteiger partial charge in [-0.2, -0.15) is 5.10 Å². The molecule has 0 aliphatic rings. The van der Waals surface area contributed by atoms with Crippen LogP contribution in [0.2, 0.25) is 0 Å². The zero-order valence-corrected chi connectivity index (χ0v) is 12.1. The van der Waals surface area contributed by atoms with Crippen molar-refractivity contribution in [1.29, 1.82) is 0 Å². The van der Waals surface area contributed by atoms with Crippen LogP contribution in [0.3, 0.4) is 0 Å². The van der Waals surface area contributed by atoms with Crippen molar-refractivity contribution in [1.82, 2.24) is 14.7 Å². The van der Waals surface area contributed by atoms with Crippen LogP contribution in [-0.4, -0.2) is 40.6 Å². The zero-order valence-electron chi connectivity index (χ0n) is 12.1. The first kappa shape index (κ1) is 14.6. The number of benzene rings is 1. The highest BCUT2D eigenvalue weighted by Crippen LogP contribution is 2.15. The molecule has 1 aromatic heterocycles. The number of amides is 2. The van der Waals surface area contributed by atoms with Crippen molar-refractivity contribution in [2.24, 2.45) is 7.05 Å². The number of rotatable bonds is 3. The molecule has 7 heteroatoms. The van der Waals surface area contributed by atoms with E-state index in [0.717, 1.165) is 0 Å². The molecular weight excluding hydrogens is 270 g/mol. The van der Waals surface area contributed by atoms with Crippen molar-refractivity contribution in [2.75, 3.05) is 25.1 Å². The topological polar surface area (TPSA) is 93.2 Å². The smallest absolute Gasteiger partial charge is 0.276 e. The number of hydrogen-bond acceptors (Lipinski definition) is 4. The molecule has 21 heavy (non-hydrogen) atoms. The van der Waals surface area contributed by atoms with E-state index in [1.54, 1.807) is 45.4 Å². The fourth-order valence-electron chi connectivity index (χ4n) is 1.91. The molecule has 0 saturated carbocycles. The molecule has 2 rings (SSSR count). The minimum atomic E-state index is -0.373. The van der Waals surface area contributed by atoms with Crippen LogP contribution in [0.4, 0.5) is 11.4 Å². The highest BCUT2D eigenvalue weighted by Gasteiger charge is 2.16. The maximum Gasteiger partial charge on any atom is 0.276 e. The highest BCUT2D eigenvalue weighted by atomic mass is 16.2. The lowest BCUT2D eigenvalue weighted by Crippen LogP contribution is -2.22. The summed E-state index contributed by atoms with van der Waals surface area (Å²) < 4.78 is 1.40. The number of nitrogens with one attached hydrogen (secondary N) is 1. The third-order valence-electron chi connectivity index (χ3n) is 2.96. The average molecular weight is 287 g/mol. The van der Waals surface area contributed by atoms with Gasteiger partial charge in [-0.3, -0.25) is 14.3 Å². The zero-order chi connectivity index (χ0) is 15.6. The van der Waals surface area contributed by atoms with Gasteiger partial charge in [0.25, 0.3) is 11.8 Å². The van der Waals surface area contributed by atoms with Gasteiger partial charge >= 0.3 is 0 Å². The summed E-state index contributed by atoms with van der Waals surface area (Å²) in [7, 11) is 4.98. The van der Waals surface area contributed by atoms with Gasteiger partial charge in [0, 0.05) is 32.4 Å². The van der Waals surface area contributed by atoms with Gasteiger partial charge in [0.05, 0.1) is 11.9 Å². The van der Waals surface area contributed by atoms with E-state index in [4.69, 9.17) is 5.73 Å². The molecular formula is C14H17N5O2. The number of hydrogen-bond donors (Lipinski definition) is 2. The van der Waals surface area contributed by atoms with Crippen LogP contribution in [0.1, 0.15) is 20.8 Å².